The summed E-state index contributed by atoms with van der Waals surface area (Å²) >= 11 is 3.18. The summed E-state index contributed by atoms with van der Waals surface area (Å²) in [6.45, 7) is 0.314. The molecule has 6 nitrogen and oxygen atoms in total. The van der Waals surface area contributed by atoms with Gasteiger partial charge in [-0.2, -0.15) is 0 Å². The molecule has 1 fully saturated rings. The Kier molecular flexibility index (Phi) is 3.60. The molecule has 1 saturated heterocycles. The number of halogens is 1. The highest BCUT2D eigenvalue weighted by Gasteiger charge is 2.26. The minimum Gasteiger partial charge on any atom is -0.398 e. The van der Waals surface area contributed by atoms with Gasteiger partial charge in [0.25, 0.3) is 0 Å². The number of rotatable bonds is 3. The molecule has 0 bridgehead atoms. The van der Waals surface area contributed by atoms with Crippen molar-refractivity contribution in [2.75, 3.05) is 12.3 Å². The van der Waals surface area contributed by atoms with E-state index in [1.54, 1.807) is 0 Å². The van der Waals surface area contributed by atoms with Crippen LogP contribution in [0.5, 0.6) is 0 Å². The Balaban J connectivity index is 2.20. The standard InChI is InChI=1S/C10H12BrN3O3S/c11-8-4-7(1-2-9(8)12)18(16,17)14-6-3-10(15)13-5-6/h1-2,4,6,14H,3,5,12H2,(H,13,15). The first-order valence-corrected chi connectivity index (χ1v) is 7.50. The van der Waals surface area contributed by atoms with E-state index in [0.29, 0.717) is 16.7 Å². The Morgan fingerprint density at radius 3 is 2.72 bits per heavy atom. The topological polar surface area (TPSA) is 101 Å². The van der Waals surface area contributed by atoms with Gasteiger partial charge in [0.1, 0.15) is 0 Å². The second-order valence-electron chi connectivity index (χ2n) is 4.01. The highest BCUT2D eigenvalue weighted by atomic mass is 79.9. The third-order valence-corrected chi connectivity index (χ3v) is 4.79. The van der Waals surface area contributed by atoms with Crippen molar-refractivity contribution < 1.29 is 13.2 Å². The van der Waals surface area contributed by atoms with Crippen LogP contribution in [0.1, 0.15) is 6.42 Å². The van der Waals surface area contributed by atoms with E-state index in [2.05, 4.69) is 26.0 Å². The largest absolute Gasteiger partial charge is 0.398 e. The second kappa shape index (κ2) is 4.87. The molecule has 1 aliphatic rings. The Hall–Kier alpha value is -1.12. The van der Waals surface area contributed by atoms with Gasteiger partial charge in [-0.15, -0.1) is 0 Å². The van der Waals surface area contributed by atoms with Crippen molar-refractivity contribution >= 4 is 37.5 Å². The fourth-order valence-corrected chi connectivity index (χ4v) is 3.44. The predicted octanol–water partition coefficient (Wildman–Crippen LogP) is 0.198. The molecule has 18 heavy (non-hydrogen) atoms. The van der Waals surface area contributed by atoms with Crippen LogP contribution in [0.3, 0.4) is 0 Å². The van der Waals surface area contributed by atoms with Crippen molar-refractivity contribution in [3.8, 4) is 0 Å². The second-order valence-corrected chi connectivity index (χ2v) is 6.58. The number of nitrogens with one attached hydrogen (secondary N) is 2. The minimum atomic E-state index is -3.63. The Morgan fingerprint density at radius 2 is 2.17 bits per heavy atom. The molecule has 4 N–H and O–H groups in total. The van der Waals surface area contributed by atoms with Crippen LogP contribution < -0.4 is 15.8 Å². The van der Waals surface area contributed by atoms with Gasteiger partial charge in [-0.1, -0.05) is 0 Å². The summed E-state index contributed by atoms with van der Waals surface area (Å²) in [5, 5.41) is 2.57. The Bertz CT molecular complexity index is 588. The molecule has 1 unspecified atom stereocenters. The molecule has 0 spiro atoms. The zero-order valence-electron chi connectivity index (χ0n) is 9.31. The number of benzene rings is 1. The summed E-state index contributed by atoms with van der Waals surface area (Å²) in [5.74, 6) is -0.152. The van der Waals surface area contributed by atoms with Crippen LogP contribution >= 0.6 is 15.9 Å². The predicted molar refractivity (Wildman–Crippen MR) is 70.3 cm³/mol. The summed E-state index contributed by atoms with van der Waals surface area (Å²) in [4.78, 5) is 11.1. The van der Waals surface area contributed by atoms with Gasteiger partial charge in [0.15, 0.2) is 0 Å². The van der Waals surface area contributed by atoms with Gasteiger partial charge in [0, 0.05) is 29.2 Å². The van der Waals surface area contributed by atoms with Crippen LogP contribution in [0.4, 0.5) is 5.69 Å². The van der Waals surface area contributed by atoms with Gasteiger partial charge in [-0.25, -0.2) is 13.1 Å². The van der Waals surface area contributed by atoms with E-state index >= 15 is 0 Å². The Morgan fingerprint density at radius 1 is 1.44 bits per heavy atom. The SMILES string of the molecule is Nc1ccc(S(=O)(=O)NC2CNC(=O)C2)cc1Br. The van der Waals surface area contributed by atoms with E-state index in [-0.39, 0.29) is 17.2 Å². The van der Waals surface area contributed by atoms with E-state index in [1.807, 2.05) is 0 Å². The summed E-state index contributed by atoms with van der Waals surface area (Å²) < 4.78 is 27.1. The quantitative estimate of drug-likeness (QED) is 0.687. The summed E-state index contributed by atoms with van der Waals surface area (Å²) in [6, 6.07) is 3.96. The number of amides is 1. The van der Waals surface area contributed by atoms with Crippen LogP contribution in [0, 0.1) is 0 Å². The number of carbonyl (C=O) groups excluding carboxylic acids is 1. The van der Waals surface area contributed by atoms with Gasteiger partial charge < -0.3 is 11.1 Å². The molecule has 0 radical (unpaired) electrons. The maximum absolute atomic E-state index is 12.0. The first-order valence-electron chi connectivity index (χ1n) is 5.22. The molecule has 1 amide bonds. The maximum atomic E-state index is 12.0. The van der Waals surface area contributed by atoms with Gasteiger partial charge in [-0.05, 0) is 34.1 Å². The van der Waals surface area contributed by atoms with Crippen molar-refractivity contribution in [2.45, 2.75) is 17.4 Å². The molecule has 0 saturated carbocycles. The van der Waals surface area contributed by atoms with E-state index in [4.69, 9.17) is 5.73 Å². The number of carbonyl (C=O) groups is 1. The zero-order valence-corrected chi connectivity index (χ0v) is 11.7. The van der Waals surface area contributed by atoms with Crippen molar-refractivity contribution in [3.05, 3.63) is 22.7 Å². The van der Waals surface area contributed by atoms with Crippen LogP contribution in [0.15, 0.2) is 27.6 Å². The van der Waals surface area contributed by atoms with E-state index in [9.17, 15) is 13.2 Å². The third kappa shape index (κ3) is 2.82. The molecule has 2 rings (SSSR count). The lowest BCUT2D eigenvalue weighted by Crippen LogP contribution is -2.36. The Labute approximate surface area is 113 Å². The van der Waals surface area contributed by atoms with E-state index < -0.39 is 16.1 Å². The summed E-state index contributed by atoms with van der Waals surface area (Å²) in [5.41, 5.74) is 6.06. The molecule has 1 heterocycles. The number of nitrogen functional groups attached to an aromatic ring is 1. The van der Waals surface area contributed by atoms with Gasteiger partial charge in [-0.3, -0.25) is 4.79 Å². The zero-order chi connectivity index (χ0) is 13.3. The van der Waals surface area contributed by atoms with Gasteiger partial charge >= 0.3 is 0 Å². The maximum Gasteiger partial charge on any atom is 0.240 e. The third-order valence-electron chi connectivity index (χ3n) is 2.58. The molecular formula is C10H12BrN3O3S. The van der Waals surface area contributed by atoms with Crippen molar-refractivity contribution in [2.24, 2.45) is 0 Å². The number of nitrogens with two attached hydrogens (primary N) is 1. The van der Waals surface area contributed by atoms with Crippen molar-refractivity contribution in [1.82, 2.24) is 10.0 Å². The smallest absolute Gasteiger partial charge is 0.240 e. The lowest BCUT2D eigenvalue weighted by Gasteiger charge is -2.11. The van der Waals surface area contributed by atoms with Crippen LogP contribution in [-0.4, -0.2) is 26.9 Å². The number of hydrogen-bond acceptors (Lipinski definition) is 4. The number of sulfonamides is 1. The molecule has 1 aliphatic heterocycles. The van der Waals surface area contributed by atoms with E-state index in [1.165, 1.54) is 18.2 Å². The van der Waals surface area contributed by atoms with Gasteiger partial charge in [0.2, 0.25) is 15.9 Å². The van der Waals surface area contributed by atoms with Crippen molar-refractivity contribution in [1.29, 1.82) is 0 Å². The lowest BCUT2D eigenvalue weighted by molar-refractivity contribution is -0.119. The highest BCUT2D eigenvalue weighted by molar-refractivity contribution is 9.10. The molecule has 0 aliphatic carbocycles. The number of anilines is 1. The van der Waals surface area contributed by atoms with Crippen LogP contribution in [0.2, 0.25) is 0 Å². The number of hydrogen-bond donors (Lipinski definition) is 3. The fraction of sp³-hybridized carbons (Fsp3) is 0.300. The fourth-order valence-electron chi connectivity index (χ4n) is 1.65. The normalized spacial score (nSPS) is 19.8. The molecule has 1 aromatic rings. The first-order chi connectivity index (χ1) is 8.38. The molecular weight excluding hydrogens is 322 g/mol. The minimum absolute atomic E-state index is 0.114. The lowest BCUT2D eigenvalue weighted by atomic mass is 10.3. The van der Waals surface area contributed by atoms with E-state index in [0.717, 1.165) is 0 Å². The highest BCUT2D eigenvalue weighted by Crippen LogP contribution is 2.23. The molecule has 1 aromatic carbocycles. The molecule has 0 aromatic heterocycles. The monoisotopic (exact) mass is 333 g/mol. The van der Waals surface area contributed by atoms with Crippen LogP contribution in [0.25, 0.3) is 0 Å². The van der Waals surface area contributed by atoms with Gasteiger partial charge in [0.05, 0.1) is 4.90 Å². The van der Waals surface area contributed by atoms with Crippen molar-refractivity contribution in [3.63, 3.8) is 0 Å². The molecule has 98 valence electrons. The molecule has 8 heteroatoms. The first kappa shape index (κ1) is 13.3. The molecule has 1 atom stereocenters. The van der Waals surface area contributed by atoms with Crippen LogP contribution in [-0.2, 0) is 14.8 Å². The average Bonchev–Trinajstić information content (AvgIpc) is 2.67. The summed E-state index contributed by atoms with van der Waals surface area (Å²) in [6.07, 6.45) is 0.162. The average molecular weight is 334 g/mol. The summed E-state index contributed by atoms with van der Waals surface area (Å²) in [7, 11) is -3.63.